The largest absolute Gasteiger partial charge is 0.387 e. The van der Waals surface area contributed by atoms with Crippen molar-refractivity contribution in [3.8, 4) is 0 Å². The Morgan fingerprint density at radius 1 is 1.64 bits per heavy atom. The highest BCUT2D eigenvalue weighted by Gasteiger charge is 2.04. The molecule has 0 aromatic carbocycles. The molecule has 1 rings (SSSR count). The van der Waals surface area contributed by atoms with Crippen LogP contribution in [0.25, 0.3) is 0 Å². The average Bonchev–Trinajstić information content (AvgIpc) is 2.43. The van der Waals surface area contributed by atoms with Gasteiger partial charge in [-0.1, -0.05) is 13.8 Å². The van der Waals surface area contributed by atoms with Gasteiger partial charge in [0, 0.05) is 13.0 Å². The summed E-state index contributed by atoms with van der Waals surface area (Å²) >= 11 is 0. The molecule has 1 heterocycles. The summed E-state index contributed by atoms with van der Waals surface area (Å²) < 4.78 is 1.84. The summed E-state index contributed by atoms with van der Waals surface area (Å²) in [7, 11) is 1.92. The quantitative estimate of drug-likeness (QED) is 0.581. The molecule has 0 bridgehead atoms. The molecule has 1 aromatic heterocycles. The van der Waals surface area contributed by atoms with E-state index in [1.165, 1.54) is 0 Å². The van der Waals surface area contributed by atoms with Crippen LogP contribution in [0.2, 0.25) is 0 Å². The second kappa shape index (κ2) is 4.26. The molecule has 0 spiro atoms. The molecule has 0 saturated carbocycles. The van der Waals surface area contributed by atoms with E-state index in [1.807, 2.05) is 38.7 Å². The maximum absolute atomic E-state index is 5.75. The maximum atomic E-state index is 5.75. The summed E-state index contributed by atoms with van der Waals surface area (Å²) in [5.74, 6) is 1.01. The van der Waals surface area contributed by atoms with Gasteiger partial charge in [-0.3, -0.25) is 9.67 Å². The second-order valence-electron chi connectivity index (χ2n) is 3.79. The molecule has 14 heavy (non-hydrogen) atoms. The van der Waals surface area contributed by atoms with Gasteiger partial charge < -0.3 is 5.73 Å². The Balaban J connectivity index is 2.75. The normalized spacial score (nSPS) is 12.5. The van der Waals surface area contributed by atoms with Gasteiger partial charge in [0.2, 0.25) is 0 Å². The highest BCUT2D eigenvalue weighted by atomic mass is 15.3. The minimum Gasteiger partial charge on any atom is -0.387 e. The van der Waals surface area contributed by atoms with Crippen LogP contribution in [0.3, 0.4) is 0 Å². The summed E-state index contributed by atoms with van der Waals surface area (Å²) in [6, 6.07) is 0. The number of amidine groups is 1. The molecule has 2 N–H and O–H groups in total. The number of aliphatic imine (C=N–C) groups is 1. The van der Waals surface area contributed by atoms with Gasteiger partial charge in [0.25, 0.3) is 0 Å². The lowest BCUT2D eigenvalue weighted by molar-refractivity contribution is 0.707. The van der Waals surface area contributed by atoms with Gasteiger partial charge in [-0.15, -0.1) is 0 Å². The van der Waals surface area contributed by atoms with E-state index in [0.717, 1.165) is 11.3 Å². The first-order valence-electron chi connectivity index (χ1n) is 4.79. The number of hydrogen-bond donors (Lipinski definition) is 1. The summed E-state index contributed by atoms with van der Waals surface area (Å²) in [6.45, 7) is 6.72. The summed E-state index contributed by atoms with van der Waals surface area (Å²) in [6.07, 6.45) is 1.84. The molecule has 0 atom stereocenters. The topological polar surface area (TPSA) is 56.2 Å². The predicted molar refractivity (Wildman–Crippen MR) is 58.1 cm³/mol. The Morgan fingerprint density at radius 3 is 2.71 bits per heavy atom. The lowest BCUT2D eigenvalue weighted by Crippen LogP contribution is -2.19. The van der Waals surface area contributed by atoms with Gasteiger partial charge >= 0.3 is 0 Å². The van der Waals surface area contributed by atoms with Crippen LogP contribution in [0, 0.1) is 12.8 Å². The third kappa shape index (κ3) is 2.34. The Morgan fingerprint density at radius 2 is 2.29 bits per heavy atom. The van der Waals surface area contributed by atoms with E-state index in [9.17, 15) is 0 Å². The monoisotopic (exact) mass is 194 g/mol. The van der Waals surface area contributed by atoms with Crippen molar-refractivity contribution >= 4 is 5.84 Å². The van der Waals surface area contributed by atoms with Crippen LogP contribution in [0.15, 0.2) is 11.2 Å². The fourth-order valence-electron chi connectivity index (χ4n) is 1.15. The highest BCUT2D eigenvalue weighted by Crippen LogP contribution is 2.07. The van der Waals surface area contributed by atoms with Crippen LogP contribution < -0.4 is 5.73 Å². The third-order valence-corrected chi connectivity index (χ3v) is 2.27. The summed E-state index contributed by atoms with van der Waals surface area (Å²) in [4.78, 5) is 4.32. The Hall–Kier alpha value is -1.32. The van der Waals surface area contributed by atoms with Crippen LogP contribution in [0.5, 0.6) is 0 Å². The zero-order valence-corrected chi connectivity index (χ0v) is 9.28. The van der Waals surface area contributed by atoms with Gasteiger partial charge in [0.05, 0.1) is 24.3 Å². The molecular formula is C10H18N4. The number of aryl methyl sites for hydroxylation is 2. The SMILES string of the molecule is Cc1cnn(C)c1CN=C(N)C(C)C. The van der Waals surface area contributed by atoms with Crippen molar-refractivity contribution in [2.24, 2.45) is 23.7 Å². The van der Waals surface area contributed by atoms with Gasteiger partial charge in [-0.2, -0.15) is 5.10 Å². The lowest BCUT2D eigenvalue weighted by Gasteiger charge is -2.04. The van der Waals surface area contributed by atoms with Crippen molar-refractivity contribution < 1.29 is 0 Å². The zero-order valence-electron chi connectivity index (χ0n) is 9.28. The number of nitrogens with zero attached hydrogens (tertiary/aromatic N) is 3. The van der Waals surface area contributed by atoms with Crippen molar-refractivity contribution in [2.75, 3.05) is 0 Å². The van der Waals surface area contributed by atoms with Crippen LogP contribution in [0.4, 0.5) is 0 Å². The van der Waals surface area contributed by atoms with E-state index < -0.39 is 0 Å². The van der Waals surface area contributed by atoms with Crippen molar-refractivity contribution in [2.45, 2.75) is 27.3 Å². The van der Waals surface area contributed by atoms with Gasteiger partial charge in [-0.05, 0) is 12.5 Å². The molecular weight excluding hydrogens is 176 g/mol. The van der Waals surface area contributed by atoms with Gasteiger partial charge in [0.1, 0.15) is 0 Å². The Labute approximate surface area is 84.8 Å². The van der Waals surface area contributed by atoms with Gasteiger partial charge in [0.15, 0.2) is 0 Å². The minimum atomic E-state index is 0.309. The van der Waals surface area contributed by atoms with E-state index in [2.05, 4.69) is 10.1 Å². The molecule has 0 aliphatic heterocycles. The second-order valence-corrected chi connectivity index (χ2v) is 3.79. The van der Waals surface area contributed by atoms with Crippen molar-refractivity contribution in [3.05, 3.63) is 17.5 Å². The van der Waals surface area contributed by atoms with Crippen LogP contribution in [-0.4, -0.2) is 15.6 Å². The smallest absolute Gasteiger partial charge is 0.0967 e. The molecule has 0 fully saturated rings. The van der Waals surface area contributed by atoms with Crippen LogP contribution >= 0.6 is 0 Å². The van der Waals surface area contributed by atoms with Gasteiger partial charge in [-0.25, -0.2) is 0 Å². The van der Waals surface area contributed by atoms with Crippen molar-refractivity contribution in [1.82, 2.24) is 9.78 Å². The fourth-order valence-corrected chi connectivity index (χ4v) is 1.15. The fraction of sp³-hybridized carbons (Fsp3) is 0.600. The molecule has 0 radical (unpaired) electrons. The highest BCUT2D eigenvalue weighted by molar-refractivity contribution is 5.82. The molecule has 0 aliphatic rings. The van der Waals surface area contributed by atoms with E-state index in [4.69, 9.17) is 5.73 Å². The third-order valence-electron chi connectivity index (χ3n) is 2.27. The Kier molecular flexibility index (Phi) is 3.28. The van der Waals surface area contributed by atoms with Crippen LogP contribution in [0.1, 0.15) is 25.1 Å². The number of hydrogen-bond acceptors (Lipinski definition) is 2. The first kappa shape index (κ1) is 10.8. The molecule has 4 nitrogen and oxygen atoms in total. The molecule has 1 aromatic rings. The van der Waals surface area contributed by atoms with Crippen molar-refractivity contribution in [3.63, 3.8) is 0 Å². The molecule has 0 saturated heterocycles. The molecule has 78 valence electrons. The average molecular weight is 194 g/mol. The number of nitrogens with two attached hydrogens (primary N) is 1. The lowest BCUT2D eigenvalue weighted by atomic mass is 10.2. The molecule has 0 aliphatic carbocycles. The molecule has 0 unspecified atom stereocenters. The van der Waals surface area contributed by atoms with Crippen LogP contribution in [-0.2, 0) is 13.6 Å². The van der Waals surface area contributed by atoms with E-state index in [1.54, 1.807) is 0 Å². The first-order chi connectivity index (χ1) is 6.52. The summed E-state index contributed by atoms with van der Waals surface area (Å²) in [5, 5.41) is 4.15. The van der Waals surface area contributed by atoms with E-state index in [0.29, 0.717) is 18.3 Å². The minimum absolute atomic E-state index is 0.309. The maximum Gasteiger partial charge on any atom is 0.0967 e. The van der Waals surface area contributed by atoms with E-state index >= 15 is 0 Å². The molecule has 0 amide bonds. The van der Waals surface area contributed by atoms with Crippen molar-refractivity contribution in [1.29, 1.82) is 0 Å². The first-order valence-corrected chi connectivity index (χ1v) is 4.79. The van der Waals surface area contributed by atoms with E-state index in [-0.39, 0.29) is 0 Å². The molecule has 4 heteroatoms. The Bertz CT molecular complexity index is 316. The summed E-state index contributed by atoms with van der Waals surface area (Å²) in [5.41, 5.74) is 8.03. The standard InChI is InChI=1S/C10H18N4/c1-7(2)10(11)12-6-9-8(3)5-13-14(9)4/h5,7H,6H2,1-4H3,(H2,11,12). The number of aromatic nitrogens is 2. The zero-order chi connectivity index (χ0) is 10.7. The predicted octanol–water partition coefficient (Wildman–Crippen LogP) is 1.24. The number of rotatable bonds is 3.